The molecule has 6 heterocycles. The first-order valence-electron chi connectivity index (χ1n) is 24.8. The van der Waals surface area contributed by atoms with Gasteiger partial charge in [0, 0.05) is 61.5 Å². The molecular formula is C52H72Cl2N10O10. The number of nitrogens with zero attached hydrogens (tertiary/aromatic N) is 6. The highest BCUT2D eigenvalue weighted by Gasteiger charge is 2.44. The monoisotopic (exact) mass is 1070 g/mol. The highest BCUT2D eigenvalue weighted by molar-refractivity contribution is 6.40. The standard InChI is InChI=1S/C28H39N5O6.C23H31N5O4.CH2Cl2/c1-17(2)31-25-29-12-10-23(32-25)33(24(34)19-8-9-20-18(14-19)11-13-36-20)16-22-21(37-28(6,7)38-22)15-30-26(35)39-27(3,4)5;1-14(2)26-22-25-9-7-20(27-22)28(13-19-18(12-24)31-23(3,4)32-19)21(29)16-5-6-17-15(11-16)8-10-30-17;2-1-3/h8-10,12,14,17,21-22H,11,13,15-16H2,1-7H3,(H,30,35)(H,29,31,32);5-7,9,11,14,18-19H,8,10,12-13,24H2,1-4H3,(H,25,26,27);1H2/t21-,22?;18-,19?;/m00./s1. The lowest BCUT2D eigenvalue weighted by molar-refractivity contribution is -0.145. The average molecular weight is 1070 g/mol. The summed E-state index contributed by atoms with van der Waals surface area (Å²) in [4.78, 5) is 61.0. The van der Waals surface area contributed by atoms with Crippen molar-refractivity contribution in [2.24, 2.45) is 5.73 Å². The molecule has 404 valence electrons. The van der Waals surface area contributed by atoms with Crippen molar-refractivity contribution in [1.29, 1.82) is 0 Å². The van der Waals surface area contributed by atoms with Crippen molar-refractivity contribution in [3.05, 3.63) is 83.2 Å². The normalized spacial score (nSPS) is 19.9. The first kappa shape index (κ1) is 57.7. The Labute approximate surface area is 444 Å². The number of fused-ring (bicyclic) bond motifs is 2. The average Bonchev–Trinajstić information content (AvgIpc) is 4.12. The molecule has 4 atom stereocenters. The number of aromatic nitrogens is 4. The Balaban J connectivity index is 0.000000233. The first-order chi connectivity index (χ1) is 35.0. The van der Waals surface area contributed by atoms with Crippen LogP contribution in [0, 0.1) is 0 Å². The number of nitrogens with one attached hydrogen (secondary N) is 3. The maximum atomic E-state index is 14.0. The fourth-order valence-electron chi connectivity index (χ4n) is 8.52. The fourth-order valence-corrected chi connectivity index (χ4v) is 8.52. The molecular weight excluding hydrogens is 996 g/mol. The number of nitrogens with two attached hydrogens (primary N) is 1. The summed E-state index contributed by atoms with van der Waals surface area (Å²) in [6, 6.07) is 14.6. The van der Waals surface area contributed by atoms with E-state index in [1.807, 2.05) is 65.8 Å². The summed E-state index contributed by atoms with van der Waals surface area (Å²) in [5.74, 6) is 1.28. The third kappa shape index (κ3) is 16.2. The minimum Gasteiger partial charge on any atom is -0.493 e. The van der Waals surface area contributed by atoms with Gasteiger partial charge in [-0.25, -0.2) is 14.8 Å². The second-order valence-corrected chi connectivity index (χ2v) is 21.2. The molecule has 4 aliphatic heterocycles. The molecule has 2 saturated heterocycles. The zero-order valence-corrected chi connectivity index (χ0v) is 45.7. The zero-order valence-electron chi connectivity index (χ0n) is 44.2. The van der Waals surface area contributed by atoms with Crippen LogP contribution in [-0.4, -0.2) is 136 Å². The quantitative estimate of drug-likeness (QED) is 0.0835. The molecule has 0 radical (unpaired) electrons. The van der Waals surface area contributed by atoms with Crippen molar-refractivity contribution in [2.75, 3.05) is 65.2 Å². The smallest absolute Gasteiger partial charge is 0.407 e. The second kappa shape index (κ2) is 25.3. The van der Waals surface area contributed by atoms with Crippen molar-refractivity contribution in [3.63, 3.8) is 0 Å². The van der Waals surface area contributed by atoms with Crippen LogP contribution in [0.3, 0.4) is 0 Å². The number of hydrogen-bond donors (Lipinski definition) is 4. The largest absolute Gasteiger partial charge is 0.493 e. The molecule has 0 bridgehead atoms. The van der Waals surface area contributed by atoms with Crippen molar-refractivity contribution in [2.45, 2.75) is 143 Å². The molecule has 0 spiro atoms. The summed E-state index contributed by atoms with van der Waals surface area (Å²) in [5.41, 5.74) is 8.40. The van der Waals surface area contributed by atoms with Crippen LogP contribution in [0.4, 0.5) is 28.3 Å². The van der Waals surface area contributed by atoms with Crippen LogP contribution in [0.5, 0.6) is 11.5 Å². The molecule has 0 aliphatic carbocycles. The van der Waals surface area contributed by atoms with Gasteiger partial charge in [0.05, 0.1) is 31.6 Å². The molecule has 8 rings (SSSR count). The topological polar surface area (TPSA) is 236 Å². The second-order valence-electron chi connectivity index (χ2n) is 20.4. The lowest BCUT2D eigenvalue weighted by Gasteiger charge is -2.27. The third-order valence-corrected chi connectivity index (χ3v) is 11.4. The van der Waals surface area contributed by atoms with Gasteiger partial charge in [-0.15, -0.1) is 23.2 Å². The Morgan fingerprint density at radius 1 is 0.703 bits per heavy atom. The maximum absolute atomic E-state index is 14.0. The van der Waals surface area contributed by atoms with Gasteiger partial charge in [0.25, 0.3) is 11.8 Å². The van der Waals surface area contributed by atoms with Crippen LogP contribution in [0.25, 0.3) is 0 Å². The molecule has 2 fully saturated rings. The van der Waals surface area contributed by atoms with Gasteiger partial charge in [0.2, 0.25) is 11.9 Å². The molecule has 20 nitrogen and oxygen atoms in total. The zero-order chi connectivity index (χ0) is 54.0. The first-order valence-corrected chi connectivity index (χ1v) is 25.9. The molecule has 2 aromatic heterocycles. The van der Waals surface area contributed by atoms with E-state index in [0.29, 0.717) is 47.9 Å². The van der Waals surface area contributed by atoms with Crippen LogP contribution in [0.15, 0.2) is 60.9 Å². The Bertz CT molecular complexity index is 2550. The predicted molar refractivity (Wildman–Crippen MR) is 284 cm³/mol. The minimum absolute atomic E-state index is 0.108. The van der Waals surface area contributed by atoms with Gasteiger partial charge in [0.15, 0.2) is 11.6 Å². The highest BCUT2D eigenvalue weighted by atomic mass is 35.5. The SMILES string of the molecule is CC(C)Nc1nccc(N(CC2OC(C)(C)O[C@H]2CN)C(=O)c2ccc3c(c2)CCO3)n1.CC(C)Nc1nccc(N(CC2OC(C)(C)O[C@H]2CNC(=O)OC(C)(C)C)C(=O)c2ccc3c(c2)CCO3)n1.ClCCl. The number of carbonyl (C=O) groups is 3. The number of amides is 3. The number of alkyl halides is 2. The predicted octanol–water partition coefficient (Wildman–Crippen LogP) is 7.70. The Hall–Kier alpha value is -5.61. The molecule has 2 unspecified atom stereocenters. The number of ether oxygens (including phenoxy) is 7. The van der Waals surface area contributed by atoms with Gasteiger partial charge in [-0.05, 0) is 136 Å². The van der Waals surface area contributed by atoms with Crippen LogP contribution in [0.1, 0.15) is 108 Å². The third-order valence-electron chi connectivity index (χ3n) is 11.4. The van der Waals surface area contributed by atoms with E-state index < -0.39 is 41.6 Å². The van der Waals surface area contributed by atoms with E-state index in [2.05, 4.69) is 35.9 Å². The number of carbonyl (C=O) groups excluding carboxylic acids is 3. The van der Waals surface area contributed by atoms with E-state index in [4.69, 9.17) is 62.1 Å². The Kier molecular flexibility index (Phi) is 19.7. The van der Waals surface area contributed by atoms with Crippen LogP contribution in [0.2, 0.25) is 0 Å². The fraction of sp³-hybridized carbons (Fsp3) is 0.558. The molecule has 74 heavy (non-hydrogen) atoms. The van der Waals surface area contributed by atoms with Gasteiger partial charge in [-0.2, -0.15) is 9.97 Å². The summed E-state index contributed by atoms with van der Waals surface area (Å²) in [6.45, 7) is 22.7. The van der Waals surface area contributed by atoms with Gasteiger partial charge in [0.1, 0.15) is 53.2 Å². The number of rotatable bonds is 15. The maximum Gasteiger partial charge on any atom is 0.407 e. The van der Waals surface area contributed by atoms with Crippen molar-refractivity contribution < 1.29 is 47.5 Å². The number of halogens is 2. The Morgan fingerprint density at radius 2 is 1.12 bits per heavy atom. The number of benzene rings is 2. The van der Waals surface area contributed by atoms with Gasteiger partial charge in [-0.3, -0.25) is 19.4 Å². The molecule has 3 amide bonds. The number of anilines is 4. The minimum atomic E-state index is -0.916. The molecule has 22 heteroatoms. The number of hydrogen-bond acceptors (Lipinski definition) is 17. The molecule has 0 saturated carbocycles. The van der Waals surface area contributed by atoms with Crippen molar-refractivity contribution in [3.8, 4) is 11.5 Å². The van der Waals surface area contributed by atoms with Gasteiger partial charge >= 0.3 is 6.09 Å². The van der Waals surface area contributed by atoms with E-state index in [1.54, 1.807) is 81.1 Å². The van der Waals surface area contributed by atoms with E-state index in [0.717, 1.165) is 35.5 Å². The highest BCUT2D eigenvalue weighted by Crippen LogP contribution is 2.34. The van der Waals surface area contributed by atoms with Crippen LogP contribution in [-0.2, 0) is 36.5 Å². The van der Waals surface area contributed by atoms with Crippen LogP contribution >= 0.6 is 23.2 Å². The summed E-state index contributed by atoms with van der Waals surface area (Å²) in [5, 5.41) is 9.33. The summed E-state index contributed by atoms with van der Waals surface area (Å²) < 4.78 is 40.9. The summed E-state index contributed by atoms with van der Waals surface area (Å²) in [6.07, 6.45) is 2.41. The summed E-state index contributed by atoms with van der Waals surface area (Å²) >= 11 is 9.53. The number of alkyl carbamates (subject to hydrolysis) is 1. The van der Waals surface area contributed by atoms with E-state index in [1.165, 1.54) is 0 Å². The molecule has 5 N–H and O–H groups in total. The Morgan fingerprint density at radius 3 is 1.54 bits per heavy atom. The van der Waals surface area contributed by atoms with E-state index >= 15 is 0 Å². The lowest BCUT2D eigenvalue weighted by Crippen LogP contribution is -2.46. The van der Waals surface area contributed by atoms with Crippen LogP contribution < -0.4 is 41.0 Å². The van der Waals surface area contributed by atoms with Crippen molar-refractivity contribution >= 4 is 64.6 Å². The molecule has 4 aliphatic rings. The molecule has 2 aromatic carbocycles. The van der Waals surface area contributed by atoms with E-state index in [-0.39, 0.29) is 61.5 Å². The van der Waals surface area contributed by atoms with Crippen molar-refractivity contribution in [1.82, 2.24) is 25.3 Å². The van der Waals surface area contributed by atoms with Gasteiger partial charge in [-0.1, -0.05) is 0 Å². The summed E-state index contributed by atoms with van der Waals surface area (Å²) in [7, 11) is 0. The molecule has 4 aromatic rings. The van der Waals surface area contributed by atoms with E-state index in [9.17, 15) is 14.4 Å². The van der Waals surface area contributed by atoms with Gasteiger partial charge < -0.3 is 54.8 Å². The lowest BCUT2D eigenvalue weighted by atomic mass is 10.1.